The van der Waals surface area contributed by atoms with Crippen molar-refractivity contribution >= 4 is 33.3 Å². The number of halogens is 2. The van der Waals surface area contributed by atoms with Crippen molar-refractivity contribution in [3.63, 3.8) is 0 Å². The second kappa shape index (κ2) is 8.90. The largest absolute Gasteiger partial charge is 0.391 e. The lowest BCUT2D eigenvalue weighted by molar-refractivity contribution is 0.0420. The number of Topliss-reactive ketones (excluding diaryl/α,β-unsaturated/α-hetero) is 1. The van der Waals surface area contributed by atoms with Crippen molar-refractivity contribution in [1.29, 1.82) is 0 Å². The first-order valence-corrected chi connectivity index (χ1v) is 9.17. The predicted octanol–water partition coefficient (Wildman–Crippen LogP) is 2.68. The van der Waals surface area contributed by atoms with Crippen LogP contribution in [0.25, 0.3) is 0 Å². The Morgan fingerprint density at radius 1 is 1.46 bits per heavy atom. The van der Waals surface area contributed by atoms with Gasteiger partial charge in [0.2, 0.25) is 5.78 Å². The Morgan fingerprint density at radius 2 is 2.15 bits per heavy atom. The zero-order valence-corrected chi connectivity index (χ0v) is 17.1. The van der Waals surface area contributed by atoms with E-state index in [4.69, 9.17) is 16.3 Å². The van der Waals surface area contributed by atoms with Gasteiger partial charge in [0.05, 0.1) is 12.7 Å². The molecule has 0 radical (unpaired) electrons. The number of rotatable bonds is 7. The number of ether oxygens (including phenoxy) is 1. The van der Waals surface area contributed by atoms with Gasteiger partial charge in [0, 0.05) is 28.5 Å². The number of nitrogens with zero attached hydrogens (tertiary/aromatic N) is 2. The van der Waals surface area contributed by atoms with Crippen molar-refractivity contribution in [1.82, 2.24) is 9.78 Å². The number of aryl methyl sites for hydroxylation is 1. The molecule has 0 unspecified atom stereocenters. The molecule has 2 rings (SSSR count). The molecule has 0 aliphatic rings. The van der Waals surface area contributed by atoms with Gasteiger partial charge in [-0.3, -0.25) is 9.59 Å². The summed E-state index contributed by atoms with van der Waals surface area (Å²) >= 11 is 9.64. The van der Waals surface area contributed by atoms with Gasteiger partial charge in [-0.1, -0.05) is 33.6 Å². The van der Waals surface area contributed by atoms with E-state index in [1.165, 1.54) is 7.05 Å². The fraction of sp³-hybridized carbons (Fsp3) is 0.389. The summed E-state index contributed by atoms with van der Waals surface area (Å²) in [6.07, 6.45) is -0.364. The van der Waals surface area contributed by atoms with Crippen molar-refractivity contribution in [2.75, 3.05) is 13.2 Å². The maximum atomic E-state index is 12.6. The molecule has 2 aromatic rings. The molecule has 1 heterocycles. The van der Waals surface area contributed by atoms with Crippen LogP contribution in [-0.2, 0) is 18.2 Å². The van der Waals surface area contributed by atoms with Gasteiger partial charge in [-0.05, 0) is 37.1 Å². The van der Waals surface area contributed by atoms with E-state index in [2.05, 4.69) is 21.0 Å². The van der Waals surface area contributed by atoms with Gasteiger partial charge < -0.3 is 9.84 Å². The van der Waals surface area contributed by atoms with Crippen molar-refractivity contribution < 1.29 is 14.6 Å². The summed E-state index contributed by atoms with van der Waals surface area (Å²) in [6.45, 7) is 3.06. The van der Waals surface area contributed by atoms with Crippen LogP contribution in [-0.4, -0.2) is 40.0 Å². The Labute approximate surface area is 164 Å². The van der Waals surface area contributed by atoms with Crippen LogP contribution in [0.4, 0.5) is 0 Å². The van der Waals surface area contributed by atoms with Crippen LogP contribution in [0, 0.1) is 6.92 Å². The van der Waals surface area contributed by atoms with E-state index >= 15 is 0 Å². The van der Waals surface area contributed by atoms with Gasteiger partial charge in [0.15, 0.2) is 0 Å². The van der Waals surface area contributed by atoms with Gasteiger partial charge in [-0.25, -0.2) is 4.68 Å². The molecule has 0 spiro atoms. The number of carbonyl (C=O) groups is 1. The lowest BCUT2D eigenvalue weighted by Gasteiger charge is -2.14. The number of benzene rings is 1. The monoisotopic (exact) mass is 442 g/mol. The van der Waals surface area contributed by atoms with E-state index in [-0.39, 0.29) is 30.3 Å². The smallest absolute Gasteiger partial charge is 0.269 e. The highest BCUT2D eigenvalue weighted by molar-refractivity contribution is 9.10. The molecule has 26 heavy (non-hydrogen) atoms. The summed E-state index contributed by atoms with van der Waals surface area (Å²) < 4.78 is 7.19. The summed E-state index contributed by atoms with van der Waals surface area (Å²) in [7, 11) is 1.50. The first kappa shape index (κ1) is 20.8. The standard InChI is InChI=1S/C18H20BrClN2O4/c1-10(23)8-26-9-16(24)17-14(11(2)18(25)22(3)21-17)6-12-4-5-13(19)7-15(12)20/h4-5,7,10,23H,6,8-9H2,1-3H3/t10-/m0/s1. The number of hydrogen-bond donors (Lipinski definition) is 1. The third-order valence-corrected chi connectivity index (χ3v) is 4.69. The number of aliphatic hydroxyl groups is 1. The fourth-order valence-electron chi connectivity index (χ4n) is 2.49. The minimum Gasteiger partial charge on any atom is -0.391 e. The van der Waals surface area contributed by atoms with Crippen molar-refractivity contribution in [3.05, 3.63) is 60.4 Å². The molecule has 0 aliphatic carbocycles. The molecule has 1 aromatic carbocycles. The van der Waals surface area contributed by atoms with E-state index in [1.807, 2.05) is 12.1 Å². The molecule has 0 saturated heterocycles. The molecule has 0 aliphatic heterocycles. The predicted molar refractivity (Wildman–Crippen MR) is 103 cm³/mol. The first-order valence-electron chi connectivity index (χ1n) is 8.00. The van der Waals surface area contributed by atoms with E-state index < -0.39 is 6.10 Å². The molecule has 1 N–H and O–H groups in total. The highest BCUT2D eigenvalue weighted by atomic mass is 79.9. The summed E-state index contributed by atoms with van der Waals surface area (Å²) in [5, 5.41) is 13.9. The lowest BCUT2D eigenvalue weighted by atomic mass is 9.98. The molecule has 0 saturated carbocycles. The molecule has 1 aromatic heterocycles. The van der Waals surface area contributed by atoms with E-state index in [0.717, 1.165) is 14.7 Å². The Bertz CT molecular complexity index is 880. The molecule has 0 amide bonds. The van der Waals surface area contributed by atoms with Gasteiger partial charge >= 0.3 is 0 Å². The maximum Gasteiger partial charge on any atom is 0.269 e. The zero-order chi connectivity index (χ0) is 19.4. The average Bonchev–Trinajstić information content (AvgIpc) is 2.56. The Hall–Kier alpha value is -1.54. The van der Waals surface area contributed by atoms with Crippen LogP contribution in [0.1, 0.15) is 34.1 Å². The van der Waals surface area contributed by atoms with Crippen LogP contribution in [0.5, 0.6) is 0 Å². The first-order chi connectivity index (χ1) is 12.2. The fourth-order valence-corrected chi connectivity index (χ4v) is 3.23. The quantitative estimate of drug-likeness (QED) is 0.665. The van der Waals surface area contributed by atoms with Crippen molar-refractivity contribution in [3.8, 4) is 0 Å². The molecule has 8 heteroatoms. The molecule has 6 nitrogen and oxygen atoms in total. The third-order valence-electron chi connectivity index (χ3n) is 3.84. The second-order valence-electron chi connectivity index (χ2n) is 6.08. The molecule has 0 fully saturated rings. The van der Waals surface area contributed by atoms with Gasteiger partial charge in [-0.2, -0.15) is 5.10 Å². The SMILES string of the molecule is Cc1c(Cc2ccc(Br)cc2Cl)c(C(=O)COC[C@H](C)O)nn(C)c1=O. The van der Waals surface area contributed by atoms with Crippen LogP contribution in [0.2, 0.25) is 5.02 Å². The summed E-state index contributed by atoms with van der Waals surface area (Å²) in [6, 6.07) is 5.44. The van der Waals surface area contributed by atoms with Gasteiger partial charge in [0.1, 0.15) is 12.3 Å². The lowest BCUT2D eigenvalue weighted by Crippen LogP contribution is -2.29. The minimum absolute atomic E-state index is 0.0460. The molecular weight excluding hydrogens is 424 g/mol. The number of aromatic nitrogens is 2. The van der Waals surface area contributed by atoms with Crippen molar-refractivity contribution in [2.45, 2.75) is 26.4 Å². The highest BCUT2D eigenvalue weighted by Gasteiger charge is 2.20. The van der Waals surface area contributed by atoms with Crippen LogP contribution < -0.4 is 5.56 Å². The van der Waals surface area contributed by atoms with Crippen molar-refractivity contribution in [2.24, 2.45) is 7.05 Å². The average molecular weight is 444 g/mol. The van der Waals surface area contributed by atoms with Gasteiger partial charge in [-0.15, -0.1) is 0 Å². The van der Waals surface area contributed by atoms with E-state index in [0.29, 0.717) is 22.6 Å². The molecular formula is C18H20BrClN2O4. The Morgan fingerprint density at radius 3 is 2.77 bits per heavy atom. The van der Waals surface area contributed by atoms with Crippen LogP contribution in [0.15, 0.2) is 27.5 Å². The summed E-state index contributed by atoms with van der Waals surface area (Å²) in [4.78, 5) is 24.8. The highest BCUT2D eigenvalue weighted by Crippen LogP contribution is 2.25. The van der Waals surface area contributed by atoms with Crippen LogP contribution in [0.3, 0.4) is 0 Å². The summed E-state index contributed by atoms with van der Waals surface area (Å²) in [5.74, 6) is -0.354. The summed E-state index contributed by atoms with van der Waals surface area (Å²) in [5.41, 5.74) is 1.67. The molecule has 1 atom stereocenters. The number of aliphatic hydroxyl groups excluding tert-OH is 1. The topological polar surface area (TPSA) is 81.4 Å². The van der Waals surface area contributed by atoms with E-state index in [9.17, 15) is 14.7 Å². The van der Waals surface area contributed by atoms with E-state index in [1.54, 1.807) is 19.9 Å². The Balaban J connectivity index is 2.41. The van der Waals surface area contributed by atoms with Gasteiger partial charge in [0.25, 0.3) is 5.56 Å². The minimum atomic E-state index is -0.668. The molecule has 140 valence electrons. The Kier molecular flexibility index (Phi) is 7.11. The third kappa shape index (κ3) is 5.01. The molecule has 0 bridgehead atoms. The zero-order valence-electron chi connectivity index (χ0n) is 14.8. The maximum absolute atomic E-state index is 12.6. The number of ketones is 1. The number of carbonyl (C=O) groups excluding carboxylic acids is 1. The number of hydrogen-bond acceptors (Lipinski definition) is 5. The second-order valence-corrected chi connectivity index (χ2v) is 7.40. The van der Waals surface area contributed by atoms with Crippen LogP contribution >= 0.6 is 27.5 Å². The normalized spacial score (nSPS) is 12.2.